The fourth-order valence-corrected chi connectivity index (χ4v) is 2.89. The first-order valence-corrected chi connectivity index (χ1v) is 8.47. The number of methoxy groups -OCH3 is 2. The summed E-state index contributed by atoms with van der Waals surface area (Å²) in [6, 6.07) is 11.0. The normalized spacial score (nSPS) is 11.7. The molecule has 0 bridgehead atoms. The number of imidazole rings is 1. The predicted molar refractivity (Wildman–Crippen MR) is 102 cm³/mol. The highest BCUT2D eigenvalue weighted by atomic mass is 16.5. The van der Waals surface area contributed by atoms with Gasteiger partial charge in [-0.2, -0.15) is 0 Å². The Morgan fingerprint density at radius 2 is 2.04 bits per heavy atom. The topological polar surface area (TPSA) is 78.3 Å². The number of anilines is 1. The summed E-state index contributed by atoms with van der Waals surface area (Å²) in [5.74, 6) is 1.83. The Morgan fingerprint density at radius 1 is 1.22 bits per heavy atom. The molecule has 27 heavy (non-hydrogen) atoms. The van der Waals surface area contributed by atoms with Gasteiger partial charge >= 0.3 is 5.97 Å². The maximum atomic E-state index is 11.8. The molecule has 0 aliphatic carbocycles. The van der Waals surface area contributed by atoms with Crippen molar-refractivity contribution in [2.24, 2.45) is 7.05 Å². The van der Waals surface area contributed by atoms with E-state index in [0.717, 1.165) is 17.1 Å². The molecular weight excluding hydrogens is 344 g/mol. The fourth-order valence-electron chi connectivity index (χ4n) is 2.89. The minimum absolute atomic E-state index is 0.240. The molecule has 1 aromatic carbocycles. The molecule has 0 saturated heterocycles. The summed E-state index contributed by atoms with van der Waals surface area (Å²) in [6.45, 7) is 1.78. The molecule has 0 aliphatic heterocycles. The lowest BCUT2D eigenvalue weighted by molar-refractivity contribution is 0.0599. The molecular formula is C20H22N4O3. The zero-order valence-corrected chi connectivity index (χ0v) is 15.8. The molecule has 140 valence electrons. The Kier molecular flexibility index (Phi) is 5.40. The third-order valence-corrected chi connectivity index (χ3v) is 4.33. The minimum Gasteiger partial charge on any atom is -0.497 e. The van der Waals surface area contributed by atoms with E-state index in [-0.39, 0.29) is 6.04 Å². The van der Waals surface area contributed by atoms with Gasteiger partial charge in [-0.3, -0.25) is 0 Å². The van der Waals surface area contributed by atoms with Crippen molar-refractivity contribution in [3.8, 4) is 5.75 Å². The number of ether oxygens (including phenoxy) is 2. The smallest absolute Gasteiger partial charge is 0.339 e. The van der Waals surface area contributed by atoms with Crippen molar-refractivity contribution in [3.05, 3.63) is 71.4 Å². The summed E-state index contributed by atoms with van der Waals surface area (Å²) < 4.78 is 12.1. The van der Waals surface area contributed by atoms with Crippen LogP contribution in [0.15, 0.2) is 48.8 Å². The lowest BCUT2D eigenvalue weighted by atomic mass is 10.1. The van der Waals surface area contributed by atoms with Gasteiger partial charge in [0.05, 0.1) is 25.5 Å². The quantitative estimate of drug-likeness (QED) is 0.676. The lowest BCUT2D eigenvalue weighted by Crippen LogP contribution is -2.18. The monoisotopic (exact) mass is 366 g/mol. The first kappa shape index (κ1) is 18.4. The summed E-state index contributed by atoms with van der Waals surface area (Å²) in [5.41, 5.74) is 2.02. The van der Waals surface area contributed by atoms with E-state index < -0.39 is 5.97 Å². The van der Waals surface area contributed by atoms with Crippen molar-refractivity contribution in [2.75, 3.05) is 19.5 Å². The molecule has 0 amide bonds. The second kappa shape index (κ2) is 7.90. The number of nitrogens with one attached hydrogen (secondary N) is 1. The Labute approximate surface area is 158 Å². The number of aryl methyl sites for hydroxylation is 2. The maximum absolute atomic E-state index is 11.8. The van der Waals surface area contributed by atoms with Crippen LogP contribution in [0, 0.1) is 6.92 Å². The number of hydrogen-bond donors (Lipinski definition) is 1. The highest BCUT2D eigenvalue weighted by Gasteiger charge is 2.20. The van der Waals surface area contributed by atoms with Gasteiger partial charge in [-0.15, -0.1) is 0 Å². The van der Waals surface area contributed by atoms with E-state index in [2.05, 4.69) is 15.3 Å². The van der Waals surface area contributed by atoms with E-state index >= 15 is 0 Å². The molecule has 0 saturated carbocycles. The average Bonchev–Trinajstić information content (AvgIpc) is 3.11. The molecule has 7 heteroatoms. The number of aromatic nitrogens is 3. The number of carbonyl (C=O) groups is 1. The van der Waals surface area contributed by atoms with Gasteiger partial charge in [-0.05, 0) is 36.8 Å². The van der Waals surface area contributed by atoms with E-state index in [0.29, 0.717) is 17.1 Å². The molecule has 3 aromatic rings. The van der Waals surface area contributed by atoms with Crippen molar-refractivity contribution in [1.82, 2.24) is 14.5 Å². The summed E-state index contributed by atoms with van der Waals surface area (Å²) >= 11 is 0. The van der Waals surface area contributed by atoms with Crippen molar-refractivity contribution >= 4 is 11.8 Å². The minimum atomic E-state index is -0.403. The van der Waals surface area contributed by atoms with Crippen LogP contribution in [0.4, 0.5) is 5.82 Å². The summed E-state index contributed by atoms with van der Waals surface area (Å²) in [6.07, 6.45) is 3.65. The third kappa shape index (κ3) is 3.92. The molecule has 0 fully saturated rings. The van der Waals surface area contributed by atoms with Gasteiger partial charge in [0, 0.05) is 19.4 Å². The molecule has 2 aromatic heterocycles. The number of benzene rings is 1. The predicted octanol–water partition coefficient (Wildman–Crippen LogP) is 3.12. The molecule has 0 radical (unpaired) electrons. The van der Waals surface area contributed by atoms with E-state index in [1.807, 2.05) is 42.1 Å². The van der Waals surface area contributed by atoms with E-state index in [1.165, 1.54) is 7.11 Å². The van der Waals surface area contributed by atoms with Gasteiger partial charge < -0.3 is 19.4 Å². The standard InChI is InChI=1S/C20H22N4O3/c1-13-16(20(25)27-4)8-9-17(22-13)23-18(19-21-10-11-24(19)2)14-6-5-7-15(12-14)26-3/h5-12,18H,1-4H3,(H,22,23). The first-order valence-electron chi connectivity index (χ1n) is 8.47. The number of carbonyl (C=O) groups excluding carboxylic acids is 1. The van der Waals surface area contributed by atoms with Gasteiger partial charge in [-0.25, -0.2) is 14.8 Å². The van der Waals surface area contributed by atoms with Crippen LogP contribution in [0.5, 0.6) is 5.75 Å². The number of rotatable bonds is 6. The zero-order chi connectivity index (χ0) is 19.4. The summed E-state index contributed by atoms with van der Waals surface area (Å²) in [5, 5.41) is 3.41. The van der Waals surface area contributed by atoms with Crippen molar-refractivity contribution < 1.29 is 14.3 Å². The molecule has 1 unspecified atom stereocenters. The second-order valence-corrected chi connectivity index (χ2v) is 6.07. The summed E-state index contributed by atoms with van der Waals surface area (Å²) in [7, 11) is 4.93. The Bertz CT molecular complexity index is 952. The molecule has 0 spiro atoms. The van der Waals surface area contributed by atoms with Crippen LogP contribution >= 0.6 is 0 Å². The van der Waals surface area contributed by atoms with Gasteiger partial charge in [0.15, 0.2) is 0 Å². The molecule has 0 aliphatic rings. The first-order chi connectivity index (χ1) is 13.0. The highest BCUT2D eigenvalue weighted by Crippen LogP contribution is 2.27. The van der Waals surface area contributed by atoms with Crippen LogP contribution in [-0.4, -0.2) is 34.7 Å². The van der Waals surface area contributed by atoms with E-state index in [4.69, 9.17) is 9.47 Å². The number of esters is 1. The number of nitrogens with zero attached hydrogens (tertiary/aromatic N) is 3. The second-order valence-electron chi connectivity index (χ2n) is 6.07. The van der Waals surface area contributed by atoms with Crippen molar-refractivity contribution in [2.45, 2.75) is 13.0 Å². The number of hydrogen-bond acceptors (Lipinski definition) is 6. The molecule has 1 atom stereocenters. The third-order valence-electron chi connectivity index (χ3n) is 4.33. The Morgan fingerprint density at radius 3 is 2.67 bits per heavy atom. The molecule has 1 N–H and O–H groups in total. The van der Waals surface area contributed by atoms with Crippen LogP contribution in [0.3, 0.4) is 0 Å². The average molecular weight is 366 g/mol. The van der Waals surface area contributed by atoms with Gasteiger partial charge in [0.25, 0.3) is 0 Å². The van der Waals surface area contributed by atoms with E-state index in [1.54, 1.807) is 32.4 Å². The van der Waals surface area contributed by atoms with Gasteiger partial charge in [0.1, 0.15) is 23.4 Å². The van der Waals surface area contributed by atoms with Crippen molar-refractivity contribution in [3.63, 3.8) is 0 Å². The largest absolute Gasteiger partial charge is 0.497 e. The number of pyridine rings is 1. The van der Waals surface area contributed by atoms with Crippen LogP contribution in [0.1, 0.15) is 33.5 Å². The maximum Gasteiger partial charge on any atom is 0.339 e. The van der Waals surface area contributed by atoms with Gasteiger partial charge in [0.2, 0.25) is 0 Å². The SMILES string of the molecule is COC(=O)c1ccc(NC(c2cccc(OC)c2)c2nccn2C)nc1C. The summed E-state index contributed by atoms with van der Waals surface area (Å²) in [4.78, 5) is 20.8. The Balaban J connectivity index is 1.98. The van der Waals surface area contributed by atoms with Crippen LogP contribution < -0.4 is 10.1 Å². The van der Waals surface area contributed by atoms with E-state index in [9.17, 15) is 4.79 Å². The van der Waals surface area contributed by atoms with Crippen LogP contribution in [0.2, 0.25) is 0 Å². The zero-order valence-electron chi connectivity index (χ0n) is 15.8. The highest BCUT2D eigenvalue weighted by molar-refractivity contribution is 5.90. The molecule has 2 heterocycles. The Hall–Kier alpha value is -3.35. The van der Waals surface area contributed by atoms with Crippen LogP contribution in [0.25, 0.3) is 0 Å². The van der Waals surface area contributed by atoms with Gasteiger partial charge in [-0.1, -0.05) is 12.1 Å². The van der Waals surface area contributed by atoms with Crippen molar-refractivity contribution in [1.29, 1.82) is 0 Å². The lowest BCUT2D eigenvalue weighted by Gasteiger charge is -2.20. The molecule has 3 rings (SSSR count). The molecule has 7 nitrogen and oxygen atoms in total. The van der Waals surface area contributed by atoms with Crippen LogP contribution in [-0.2, 0) is 11.8 Å². The fraction of sp³-hybridized carbons (Fsp3) is 0.250.